The van der Waals surface area contributed by atoms with Gasteiger partial charge in [0.25, 0.3) is 0 Å². The van der Waals surface area contributed by atoms with Gasteiger partial charge < -0.3 is 5.32 Å². The van der Waals surface area contributed by atoms with Crippen LogP contribution in [0.4, 0.5) is 13.2 Å². The molecule has 1 heterocycles. The average molecular weight is 351 g/mol. The Morgan fingerprint density at radius 2 is 1.78 bits per heavy atom. The molecule has 0 amide bonds. The molecule has 1 fully saturated rings. The number of unbranched alkanes of at least 4 members (excludes halogenated alkanes) is 2. The monoisotopic (exact) mass is 350 g/mol. The van der Waals surface area contributed by atoms with E-state index in [2.05, 4.69) is 17.1 Å². The molecule has 1 aliphatic rings. The van der Waals surface area contributed by atoms with Gasteiger partial charge in [-0.1, -0.05) is 44.4 Å². The van der Waals surface area contributed by atoms with Crippen LogP contribution in [0.3, 0.4) is 0 Å². The number of halogens is 4. The van der Waals surface area contributed by atoms with Crippen LogP contribution in [0.25, 0.3) is 0 Å². The second kappa shape index (κ2) is 9.50. The Labute approximate surface area is 142 Å². The van der Waals surface area contributed by atoms with Gasteiger partial charge in [0.15, 0.2) is 0 Å². The molecule has 23 heavy (non-hydrogen) atoms. The third-order valence-corrected chi connectivity index (χ3v) is 4.30. The number of nitrogens with zero attached hydrogens (tertiary/aromatic N) is 1. The number of hydrogen-bond donors (Lipinski definition) is 1. The van der Waals surface area contributed by atoms with Gasteiger partial charge in [0.2, 0.25) is 0 Å². The van der Waals surface area contributed by atoms with E-state index in [0.717, 1.165) is 51.9 Å². The van der Waals surface area contributed by atoms with E-state index in [0.29, 0.717) is 5.56 Å². The molecule has 0 saturated carbocycles. The van der Waals surface area contributed by atoms with Crippen molar-refractivity contribution in [2.75, 3.05) is 26.2 Å². The van der Waals surface area contributed by atoms with Crippen molar-refractivity contribution in [2.24, 2.45) is 0 Å². The van der Waals surface area contributed by atoms with Gasteiger partial charge >= 0.3 is 6.18 Å². The van der Waals surface area contributed by atoms with Crippen molar-refractivity contribution in [2.45, 2.75) is 44.8 Å². The molecule has 1 aromatic carbocycles. The SMILES string of the molecule is CCCCC[C@H](c1ccccc1C(F)(F)F)N1CCNCC1.Cl. The first-order chi connectivity index (χ1) is 10.5. The Kier molecular flexibility index (Phi) is 8.37. The third-order valence-electron chi connectivity index (χ3n) is 4.30. The normalized spacial score (nSPS) is 17.6. The lowest BCUT2D eigenvalue weighted by Crippen LogP contribution is -2.45. The van der Waals surface area contributed by atoms with E-state index in [1.165, 1.54) is 12.1 Å². The Morgan fingerprint density at radius 3 is 2.39 bits per heavy atom. The molecule has 0 bridgehead atoms. The standard InChI is InChI=1S/C17H25F3N2.ClH/c1-2-3-4-9-16(22-12-10-21-11-13-22)14-7-5-6-8-15(14)17(18,19)20;/h5-8,16,21H,2-4,9-13H2,1H3;1H/t16-;/m1./s1. The summed E-state index contributed by atoms with van der Waals surface area (Å²) in [6, 6.07) is 5.94. The van der Waals surface area contributed by atoms with Crippen LogP contribution in [0.1, 0.15) is 49.8 Å². The Hall–Kier alpha value is -0.780. The molecule has 132 valence electrons. The van der Waals surface area contributed by atoms with E-state index in [9.17, 15) is 13.2 Å². The number of benzene rings is 1. The van der Waals surface area contributed by atoms with E-state index in [4.69, 9.17) is 0 Å². The van der Waals surface area contributed by atoms with Gasteiger partial charge in [-0.15, -0.1) is 12.4 Å². The summed E-state index contributed by atoms with van der Waals surface area (Å²) in [5.41, 5.74) is -0.0389. The molecular formula is C17H26ClF3N2. The van der Waals surface area contributed by atoms with Crippen LogP contribution >= 0.6 is 12.4 Å². The van der Waals surface area contributed by atoms with Crippen LogP contribution in [0, 0.1) is 0 Å². The summed E-state index contributed by atoms with van der Waals surface area (Å²) in [7, 11) is 0. The maximum Gasteiger partial charge on any atom is 0.416 e. The van der Waals surface area contributed by atoms with Crippen molar-refractivity contribution >= 4 is 12.4 Å². The van der Waals surface area contributed by atoms with Crippen LogP contribution < -0.4 is 5.32 Å². The molecule has 1 aliphatic heterocycles. The first-order valence-electron chi connectivity index (χ1n) is 8.15. The Balaban J connectivity index is 0.00000264. The number of nitrogens with one attached hydrogen (secondary N) is 1. The van der Waals surface area contributed by atoms with Crippen molar-refractivity contribution in [1.29, 1.82) is 0 Å². The van der Waals surface area contributed by atoms with Crippen molar-refractivity contribution in [3.63, 3.8) is 0 Å². The van der Waals surface area contributed by atoms with E-state index >= 15 is 0 Å². The predicted octanol–water partition coefficient (Wildman–Crippen LogP) is 4.65. The van der Waals surface area contributed by atoms with E-state index in [1.54, 1.807) is 12.1 Å². The summed E-state index contributed by atoms with van der Waals surface area (Å²) in [5, 5.41) is 3.27. The number of piperazine rings is 1. The minimum absolute atomic E-state index is 0. The fraction of sp³-hybridized carbons (Fsp3) is 0.647. The summed E-state index contributed by atoms with van der Waals surface area (Å²) in [4.78, 5) is 2.21. The fourth-order valence-corrected chi connectivity index (χ4v) is 3.16. The summed E-state index contributed by atoms with van der Waals surface area (Å²) in [6.45, 7) is 5.42. The molecule has 6 heteroatoms. The maximum atomic E-state index is 13.3. The van der Waals surface area contributed by atoms with Crippen LogP contribution in [0.15, 0.2) is 24.3 Å². The van der Waals surface area contributed by atoms with Crippen LogP contribution in [-0.2, 0) is 6.18 Å². The second-order valence-electron chi connectivity index (χ2n) is 5.88. The zero-order valence-corrected chi connectivity index (χ0v) is 14.3. The highest BCUT2D eigenvalue weighted by molar-refractivity contribution is 5.85. The van der Waals surface area contributed by atoms with Crippen molar-refractivity contribution < 1.29 is 13.2 Å². The molecule has 1 aromatic rings. The molecule has 1 atom stereocenters. The minimum Gasteiger partial charge on any atom is -0.314 e. The van der Waals surface area contributed by atoms with Gasteiger partial charge in [-0.3, -0.25) is 4.90 Å². The zero-order valence-electron chi connectivity index (χ0n) is 13.5. The topological polar surface area (TPSA) is 15.3 Å². The highest BCUT2D eigenvalue weighted by atomic mass is 35.5. The molecule has 2 nitrogen and oxygen atoms in total. The summed E-state index contributed by atoms with van der Waals surface area (Å²) >= 11 is 0. The molecule has 1 N–H and O–H groups in total. The summed E-state index contributed by atoms with van der Waals surface area (Å²) in [5.74, 6) is 0. The lowest BCUT2D eigenvalue weighted by atomic mass is 9.93. The van der Waals surface area contributed by atoms with E-state index in [-0.39, 0.29) is 18.4 Å². The molecule has 2 rings (SSSR count). The third kappa shape index (κ3) is 5.66. The second-order valence-corrected chi connectivity index (χ2v) is 5.88. The summed E-state index contributed by atoms with van der Waals surface area (Å²) in [6.07, 6.45) is -0.377. The Bertz CT molecular complexity index is 459. The lowest BCUT2D eigenvalue weighted by Gasteiger charge is -2.36. The van der Waals surface area contributed by atoms with E-state index < -0.39 is 11.7 Å². The predicted molar refractivity (Wildman–Crippen MR) is 90.0 cm³/mol. The first-order valence-corrected chi connectivity index (χ1v) is 8.15. The minimum atomic E-state index is -4.28. The van der Waals surface area contributed by atoms with E-state index in [1.807, 2.05) is 0 Å². The van der Waals surface area contributed by atoms with Gasteiger partial charge in [-0.2, -0.15) is 13.2 Å². The molecular weight excluding hydrogens is 325 g/mol. The van der Waals surface area contributed by atoms with Crippen LogP contribution in [-0.4, -0.2) is 31.1 Å². The number of alkyl halides is 3. The number of hydrogen-bond acceptors (Lipinski definition) is 2. The fourth-order valence-electron chi connectivity index (χ4n) is 3.16. The highest BCUT2D eigenvalue weighted by Gasteiger charge is 2.36. The average Bonchev–Trinajstić information content (AvgIpc) is 2.52. The lowest BCUT2D eigenvalue weighted by molar-refractivity contribution is -0.138. The number of rotatable bonds is 6. The van der Waals surface area contributed by atoms with Crippen molar-refractivity contribution in [3.05, 3.63) is 35.4 Å². The molecule has 0 radical (unpaired) electrons. The van der Waals surface area contributed by atoms with Gasteiger partial charge in [-0.05, 0) is 18.1 Å². The van der Waals surface area contributed by atoms with Crippen molar-refractivity contribution in [3.8, 4) is 0 Å². The molecule has 1 saturated heterocycles. The largest absolute Gasteiger partial charge is 0.416 e. The molecule has 0 unspecified atom stereocenters. The molecule has 0 spiro atoms. The maximum absolute atomic E-state index is 13.3. The Morgan fingerprint density at radius 1 is 1.13 bits per heavy atom. The van der Waals surface area contributed by atoms with Gasteiger partial charge in [0, 0.05) is 32.2 Å². The van der Waals surface area contributed by atoms with Gasteiger partial charge in [-0.25, -0.2) is 0 Å². The first kappa shape index (κ1) is 20.3. The van der Waals surface area contributed by atoms with Crippen LogP contribution in [0.2, 0.25) is 0 Å². The summed E-state index contributed by atoms with van der Waals surface area (Å²) < 4.78 is 40.0. The van der Waals surface area contributed by atoms with Gasteiger partial charge in [0.1, 0.15) is 0 Å². The molecule has 0 aliphatic carbocycles. The van der Waals surface area contributed by atoms with Crippen molar-refractivity contribution in [1.82, 2.24) is 10.2 Å². The molecule has 0 aromatic heterocycles. The van der Waals surface area contributed by atoms with Gasteiger partial charge in [0.05, 0.1) is 5.56 Å². The highest BCUT2D eigenvalue weighted by Crippen LogP contribution is 2.38. The quantitative estimate of drug-likeness (QED) is 0.751. The zero-order chi connectivity index (χ0) is 16.0. The smallest absolute Gasteiger partial charge is 0.314 e. The van der Waals surface area contributed by atoms with Crippen LogP contribution in [0.5, 0.6) is 0 Å².